The number of carbonyl (C=O) groups is 2. The number of aryl methyl sites for hydroxylation is 1. The van der Waals surface area contributed by atoms with Crippen molar-refractivity contribution in [3.63, 3.8) is 0 Å². The number of carbonyl (C=O) groups excluding carboxylic acids is 2. The molecule has 0 fully saturated rings. The van der Waals surface area contributed by atoms with Gasteiger partial charge in [-0.1, -0.05) is 71.8 Å². The summed E-state index contributed by atoms with van der Waals surface area (Å²) in [5, 5.41) is 3.07. The number of amides is 2. The van der Waals surface area contributed by atoms with Crippen LogP contribution in [-0.4, -0.2) is 51.4 Å². The lowest BCUT2D eigenvalue weighted by Crippen LogP contribution is -2.53. The molecule has 4 aromatic rings. The molecule has 4 rings (SSSR count). The van der Waals surface area contributed by atoms with Crippen LogP contribution in [0.4, 0.5) is 5.69 Å². The van der Waals surface area contributed by atoms with Crippen LogP contribution < -0.4 is 14.4 Å². The van der Waals surface area contributed by atoms with E-state index in [-0.39, 0.29) is 29.5 Å². The van der Waals surface area contributed by atoms with Gasteiger partial charge in [0.05, 0.1) is 17.2 Å². The minimum Gasteiger partial charge on any atom is -0.494 e. The summed E-state index contributed by atoms with van der Waals surface area (Å²) in [6.45, 7) is 3.81. The minimum absolute atomic E-state index is 0.0270. The Morgan fingerprint density at radius 1 is 0.864 bits per heavy atom. The molecule has 1 N–H and O–H groups in total. The summed E-state index contributed by atoms with van der Waals surface area (Å²) < 4.78 is 34.7. The number of rotatable bonds is 13. The van der Waals surface area contributed by atoms with E-state index in [1.807, 2.05) is 68.4 Å². The summed E-state index contributed by atoms with van der Waals surface area (Å²) in [5.74, 6) is -0.334. The molecule has 0 saturated heterocycles. The molecule has 0 aliphatic rings. The van der Waals surface area contributed by atoms with Crippen LogP contribution in [0, 0.1) is 6.92 Å². The molecular weight excluding hydrogens is 598 g/mol. The first-order valence-electron chi connectivity index (χ1n) is 14.2. The molecule has 8 nitrogen and oxygen atoms in total. The molecule has 44 heavy (non-hydrogen) atoms. The van der Waals surface area contributed by atoms with Gasteiger partial charge in [-0.3, -0.25) is 13.9 Å². The molecule has 0 aromatic heterocycles. The highest BCUT2D eigenvalue weighted by atomic mass is 35.5. The smallest absolute Gasteiger partial charge is 0.264 e. The van der Waals surface area contributed by atoms with E-state index < -0.39 is 28.5 Å². The van der Waals surface area contributed by atoms with Crippen molar-refractivity contribution in [3.8, 4) is 5.75 Å². The molecular formula is C34H36ClN3O5S. The van der Waals surface area contributed by atoms with Gasteiger partial charge in [-0.05, 0) is 73.5 Å². The number of sulfonamides is 1. The maximum absolute atomic E-state index is 14.3. The summed E-state index contributed by atoms with van der Waals surface area (Å²) in [6, 6.07) is 28.4. The van der Waals surface area contributed by atoms with E-state index in [4.69, 9.17) is 16.3 Å². The Labute approximate surface area is 264 Å². The number of ether oxygens (including phenoxy) is 1. The predicted octanol–water partition coefficient (Wildman–Crippen LogP) is 5.63. The Kier molecular flexibility index (Phi) is 11.0. The van der Waals surface area contributed by atoms with Crippen molar-refractivity contribution in [1.82, 2.24) is 10.2 Å². The zero-order chi connectivity index (χ0) is 31.7. The normalized spacial score (nSPS) is 11.8. The van der Waals surface area contributed by atoms with Gasteiger partial charge in [0.2, 0.25) is 11.8 Å². The monoisotopic (exact) mass is 633 g/mol. The maximum atomic E-state index is 14.3. The number of anilines is 1. The zero-order valence-corrected chi connectivity index (χ0v) is 26.5. The van der Waals surface area contributed by atoms with E-state index in [2.05, 4.69) is 5.32 Å². The van der Waals surface area contributed by atoms with Gasteiger partial charge in [-0.2, -0.15) is 0 Å². The van der Waals surface area contributed by atoms with Crippen LogP contribution in [0.2, 0.25) is 5.02 Å². The summed E-state index contributed by atoms with van der Waals surface area (Å²) in [4.78, 5) is 29.1. The van der Waals surface area contributed by atoms with Crippen molar-refractivity contribution in [3.05, 3.63) is 125 Å². The number of benzene rings is 4. The third-order valence-electron chi connectivity index (χ3n) is 7.11. The molecule has 0 radical (unpaired) electrons. The Morgan fingerprint density at radius 2 is 1.50 bits per heavy atom. The Balaban J connectivity index is 1.78. The van der Waals surface area contributed by atoms with Crippen LogP contribution in [0.1, 0.15) is 23.6 Å². The molecule has 0 spiro atoms. The van der Waals surface area contributed by atoms with Gasteiger partial charge in [0, 0.05) is 25.0 Å². The summed E-state index contributed by atoms with van der Waals surface area (Å²) in [5.41, 5.74) is 2.99. The molecule has 1 atom stereocenters. The fourth-order valence-electron chi connectivity index (χ4n) is 4.75. The van der Waals surface area contributed by atoms with Crippen LogP contribution >= 0.6 is 11.6 Å². The fraction of sp³-hybridized carbons (Fsp3) is 0.235. The van der Waals surface area contributed by atoms with Gasteiger partial charge >= 0.3 is 0 Å². The number of hydrogen-bond donors (Lipinski definition) is 1. The van der Waals surface area contributed by atoms with E-state index >= 15 is 0 Å². The number of likely N-dealkylation sites (N-methyl/N-ethyl adjacent to an activating group) is 1. The largest absolute Gasteiger partial charge is 0.494 e. The first-order valence-corrected chi connectivity index (χ1v) is 16.1. The highest BCUT2D eigenvalue weighted by molar-refractivity contribution is 7.92. The lowest BCUT2D eigenvalue weighted by molar-refractivity contribution is -0.139. The molecule has 0 unspecified atom stereocenters. The predicted molar refractivity (Wildman–Crippen MR) is 173 cm³/mol. The van der Waals surface area contributed by atoms with E-state index in [1.54, 1.807) is 24.3 Å². The van der Waals surface area contributed by atoms with Gasteiger partial charge in [0.25, 0.3) is 10.0 Å². The SMILES string of the molecule is CCOc1ccc(N(CC(=O)N(Cc2ccc(C)cc2)[C@@H](Cc2ccccc2)C(=O)NC)S(=O)(=O)c2ccc(Cl)cc2)cc1. The van der Waals surface area contributed by atoms with Gasteiger partial charge in [-0.15, -0.1) is 0 Å². The zero-order valence-electron chi connectivity index (χ0n) is 24.9. The van der Waals surface area contributed by atoms with Crippen LogP contribution in [0.3, 0.4) is 0 Å². The second-order valence-corrected chi connectivity index (χ2v) is 12.5. The highest BCUT2D eigenvalue weighted by Gasteiger charge is 2.34. The van der Waals surface area contributed by atoms with Crippen molar-refractivity contribution in [2.24, 2.45) is 0 Å². The summed E-state index contributed by atoms with van der Waals surface area (Å²) >= 11 is 6.04. The summed E-state index contributed by atoms with van der Waals surface area (Å²) in [7, 11) is -2.71. The molecule has 10 heteroatoms. The van der Waals surface area contributed by atoms with E-state index in [1.165, 1.54) is 36.2 Å². The van der Waals surface area contributed by atoms with Crippen LogP contribution in [0.5, 0.6) is 5.75 Å². The first-order chi connectivity index (χ1) is 21.1. The Hall–Kier alpha value is -4.34. The van der Waals surface area contributed by atoms with Crippen molar-refractivity contribution in [2.45, 2.75) is 37.8 Å². The fourth-order valence-corrected chi connectivity index (χ4v) is 6.29. The standard InChI is InChI=1S/C34H36ClN3O5S/c1-4-43-30-18-16-29(17-19-30)38(44(41,42)31-20-14-28(35)15-21-31)24-33(39)37(23-27-12-10-25(2)11-13-27)32(34(40)36-3)22-26-8-6-5-7-9-26/h5-21,32H,4,22-24H2,1-3H3,(H,36,40)/t32-/m0/s1. The van der Waals surface area contributed by atoms with E-state index in [9.17, 15) is 18.0 Å². The average molecular weight is 634 g/mol. The number of nitrogens with one attached hydrogen (secondary N) is 1. The minimum atomic E-state index is -4.23. The van der Waals surface area contributed by atoms with Gasteiger partial charge in [0.15, 0.2) is 0 Å². The van der Waals surface area contributed by atoms with Crippen LogP contribution in [-0.2, 0) is 32.6 Å². The molecule has 0 bridgehead atoms. The number of nitrogens with zero attached hydrogens (tertiary/aromatic N) is 2. The second kappa shape index (κ2) is 14.9. The lowest BCUT2D eigenvalue weighted by Gasteiger charge is -2.33. The molecule has 0 heterocycles. The van der Waals surface area contributed by atoms with Crippen LogP contribution in [0.25, 0.3) is 0 Å². The Morgan fingerprint density at radius 3 is 2.09 bits per heavy atom. The van der Waals surface area contributed by atoms with Crippen LogP contribution in [0.15, 0.2) is 108 Å². The Bertz CT molecular complexity index is 1650. The van der Waals surface area contributed by atoms with Crippen molar-refractivity contribution in [2.75, 3.05) is 24.5 Å². The molecule has 0 aliphatic carbocycles. The number of halogens is 1. The van der Waals surface area contributed by atoms with Crippen molar-refractivity contribution < 1.29 is 22.7 Å². The topological polar surface area (TPSA) is 96.0 Å². The van der Waals surface area contributed by atoms with Gasteiger partial charge in [0.1, 0.15) is 18.3 Å². The summed E-state index contributed by atoms with van der Waals surface area (Å²) in [6.07, 6.45) is 0.241. The van der Waals surface area contributed by atoms with Crippen molar-refractivity contribution in [1.29, 1.82) is 0 Å². The quantitative estimate of drug-likeness (QED) is 0.206. The molecule has 0 saturated carbocycles. The average Bonchev–Trinajstić information content (AvgIpc) is 3.03. The molecule has 0 aliphatic heterocycles. The molecule has 2 amide bonds. The number of hydrogen-bond acceptors (Lipinski definition) is 5. The highest BCUT2D eigenvalue weighted by Crippen LogP contribution is 2.28. The first kappa shape index (κ1) is 32.6. The maximum Gasteiger partial charge on any atom is 0.264 e. The van der Waals surface area contributed by atoms with Gasteiger partial charge < -0.3 is 15.0 Å². The third-order valence-corrected chi connectivity index (χ3v) is 9.15. The van der Waals surface area contributed by atoms with Gasteiger partial charge in [-0.25, -0.2) is 8.42 Å². The second-order valence-electron chi connectivity index (χ2n) is 10.2. The molecule has 4 aromatic carbocycles. The third kappa shape index (κ3) is 8.18. The van der Waals surface area contributed by atoms with E-state index in [0.29, 0.717) is 17.4 Å². The lowest BCUT2D eigenvalue weighted by atomic mass is 10.0. The van der Waals surface area contributed by atoms with E-state index in [0.717, 1.165) is 21.0 Å². The molecule has 230 valence electrons. The van der Waals surface area contributed by atoms with Crippen molar-refractivity contribution >= 4 is 39.1 Å².